The lowest BCUT2D eigenvalue weighted by atomic mass is 10.2. The van der Waals surface area contributed by atoms with Gasteiger partial charge in [-0.15, -0.1) is 0 Å². The van der Waals surface area contributed by atoms with E-state index < -0.39 is 24.9 Å². The lowest BCUT2D eigenvalue weighted by Crippen LogP contribution is -2.26. The molecule has 1 radical (unpaired) electrons. The van der Waals surface area contributed by atoms with Gasteiger partial charge in [-0.25, -0.2) is 0 Å². The molecule has 1 N–H and O–H groups in total. The predicted molar refractivity (Wildman–Crippen MR) is 21.9 cm³/mol. The topological polar surface area (TPSA) is 20.2 Å². The van der Waals surface area contributed by atoms with Crippen LogP contribution in [0.1, 0.15) is 6.42 Å². The van der Waals surface area contributed by atoms with Crippen molar-refractivity contribution in [2.45, 2.75) is 18.8 Å². The van der Waals surface area contributed by atoms with E-state index >= 15 is 0 Å². The number of halogens is 6. The van der Waals surface area contributed by atoms with Crippen LogP contribution in [0.4, 0.5) is 26.3 Å². The molecule has 0 unspecified atom stereocenters. The number of rotatable bonds is 1. The highest BCUT2D eigenvalue weighted by molar-refractivity contribution is 4.87. The highest BCUT2D eigenvalue weighted by Gasteiger charge is 2.46. The van der Waals surface area contributed by atoms with Crippen LogP contribution < -0.4 is 0 Å². The van der Waals surface area contributed by atoms with Crippen molar-refractivity contribution < 1.29 is 31.4 Å². The van der Waals surface area contributed by atoms with Gasteiger partial charge in [0.25, 0.3) is 0 Å². The molecule has 67 valence electrons. The van der Waals surface area contributed by atoms with E-state index in [0.29, 0.717) is 0 Å². The van der Waals surface area contributed by atoms with E-state index in [4.69, 9.17) is 5.11 Å². The minimum absolute atomic E-state index is 2.34. The summed E-state index contributed by atoms with van der Waals surface area (Å²) < 4.78 is 67.0. The third-order valence-corrected chi connectivity index (χ3v) is 0.695. The normalized spacial score (nSPS) is 14.2. The lowest BCUT2D eigenvalue weighted by Gasteiger charge is -2.14. The Kier molecular flexibility index (Phi) is 2.76. The molecule has 0 aromatic heterocycles. The Morgan fingerprint density at radius 3 is 1.45 bits per heavy atom. The van der Waals surface area contributed by atoms with Crippen LogP contribution in [-0.2, 0) is 0 Å². The van der Waals surface area contributed by atoms with Crippen molar-refractivity contribution in [3.8, 4) is 0 Å². The van der Waals surface area contributed by atoms with Gasteiger partial charge in [-0.05, 0) is 0 Å². The molecule has 7 heteroatoms. The van der Waals surface area contributed by atoms with Gasteiger partial charge in [-0.1, -0.05) is 0 Å². The molecule has 0 bridgehead atoms. The number of alkyl halides is 6. The Morgan fingerprint density at radius 1 is 1.00 bits per heavy atom. The van der Waals surface area contributed by atoms with Gasteiger partial charge in [0.1, 0.15) is 0 Å². The fraction of sp³-hybridized carbons (Fsp3) is 0.750. The van der Waals surface area contributed by atoms with Crippen LogP contribution in [0.25, 0.3) is 0 Å². The molecule has 11 heavy (non-hydrogen) atoms. The molecule has 0 saturated heterocycles. The maximum atomic E-state index is 11.2. The fourth-order valence-electron chi connectivity index (χ4n) is 0.290. The van der Waals surface area contributed by atoms with Crippen molar-refractivity contribution in [1.82, 2.24) is 0 Å². The summed E-state index contributed by atoms with van der Waals surface area (Å²) in [6, 6.07) is 0. The number of aliphatic hydroxyl groups excluding tert-OH is 1. The minimum atomic E-state index is -5.28. The summed E-state index contributed by atoms with van der Waals surface area (Å²) >= 11 is 0. The van der Waals surface area contributed by atoms with Gasteiger partial charge in [0.15, 0.2) is 0 Å². The Bertz CT molecular complexity index is 124. The fourth-order valence-corrected chi connectivity index (χ4v) is 0.290. The minimum Gasteiger partial charge on any atom is -0.378 e. The first-order valence-electron chi connectivity index (χ1n) is 2.31. The van der Waals surface area contributed by atoms with Crippen LogP contribution in [0.15, 0.2) is 0 Å². The molecule has 0 rings (SSSR count). The van der Waals surface area contributed by atoms with Gasteiger partial charge in [0.05, 0.1) is 6.42 Å². The smallest absolute Gasteiger partial charge is 0.378 e. The first-order chi connectivity index (χ1) is 4.63. The molecular weight excluding hydrogens is 178 g/mol. The van der Waals surface area contributed by atoms with E-state index in [1.807, 2.05) is 0 Å². The Morgan fingerprint density at radius 2 is 1.36 bits per heavy atom. The number of hydrogen-bond acceptors (Lipinski definition) is 1. The molecule has 0 spiro atoms. The quantitative estimate of drug-likeness (QED) is 0.615. The molecule has 0 heterocycles. The van der Waals surface area contributed by atoms with Crippen molar-refractivity contribution >= 4 is 0 Å². The molecule has 0 aliphatic carbocycles. The van der Waals surface area contributed by atoms with Crippen LogP contribution in [0.2, 0.25) is 0 Å². The first kappa shape index (κ1) is 10.5. The average Bonchev–Trinajstić information content (AvgIpc) is 1.56. The van der Waals surface area contributed by atoms with E-state index in [9.17, 15) is 26.3 Å². The summed E-state index contributed by atoms with van der Waals surface area (Å²) in [4.78, 5) is 0. The highest BCUT2D eigenvalue weighted by atomic mass is 19.4. The second kappa shape index (κ2) is 2.88. The monoisotopic (exact) mass is 181 g/mol. The first-order valence-corrected chi connectivity index (χ1v) is 2.31. The molecule has 0 aliphatic heterocycles. The highest BCUT2D eigenvalue weighted by Crippen LogP contribution is 2.34. The van der Waals surface area contributed by atoms with E-state index in [-0.39, 0.29) is 0 Å². The summed E-state index contributed by atoms with van der Waals surface area (Å²) in [5, 5.41) is 7.79. The molecule has 0 aromatic carbocycles. The molecule has 0 atom stereocenters. The van der Waals surface area contributed by atoms with Crippen molar-refractivity contribution in [2.75, 3.05) is 0 Å². The van der Waals surface area contributed by atoms with Crippen LogP contribution in [0.3, 0.4) is 0 Å². The summed E-state index contributed by atoms with van der Waals surface area (Å²) in [6.45, 7) is 0. The average molecular weight is 181 g/mol. The maximum Gasteiger partial charge on any atom is 0.420 e. The lowest BCUT2D eigenvalue weighted by molar-refractivity contribution is -0.198. The number of hydrogen-bond donors (Lipinski definition) is 1. The molecule has 0 aliphatic rings. The third-order valence-electron chi connectivity index (χ3n) is 0.695. The second-order valence-corrected chi connectivity index (χ2v) is 1.74. The van der Waals surface area contributed by atoms with Gasteiger partial charge in [-0.3, -0.25) is 0 Å². The number of aliphatic hydroxyl groups is 1. The third kappa shape index (κ3) is 4.88. The van der Waals surface area contributed by atoms with Crippen LogP contribution in [-0.4, -0.2) is 17.5 Å². The van der Waals surface area contributed by atoms with Crippen molar-refractivity contribution in [3.05, 3.63) is 6.10 Å². The Balaban J connectivity index is 3.99. The largest absolute Gasteiger partial charge is 0.420 e. The van der Waals surface area contributed by atoms with Gasteiger partial charge in [-0.2, -0.15) is 26.3 Å². The Labute approximate surface area is 57.6 Å². The van der Waals surface area contributed by atoms with Crippen molar-refractivity contribution in [1.29, 1.82) is 0 Å². The van der Waals surface area contributed by atoms with Crippen LogP contribution in [0.5, 0.6) is 0 Å². The zero-order valence-electron chi connectivity index (χ0n) is 4.92. The maximum absolute atomic E-state index is 11.2. The van der Waals surface area contributed by atoms with Gasteiger partial charge in [0, 0.05) is 0 Å². The summed E-state index contributed by atoms with van der Waals surface area (Å²) in [5.74, 6) is 0. The molecule has 0 aromatic rings. The molecular formula is C4H3F6O. The van der Waals surface area contributed by atoms with E-state index in [2.05, 4.69) is 0 Å². The Hall–Kier alpha value is -0.460. The van der Waals surface area contributed by atoms with E-state index in [0.717, 1.165) is 0 Å². The predicted octanol–water partition coefficient (Wildman–Crippen LogP) is 2.41. The molecule has 0 amide bonds. The zero-order chi connectivity index (χ0) is 9.28. The van der Waals surface area contributed by atoms with Crippen LogP contribution in [0, 0.1) is 6.10 Å². The van der Waals surface area contributed by atoms with Crippen molar-refractivity contribution in [3.63, 3.8) is 0 Å². The standard InChI is InChI=1S/C4H3F6O/c5-3(6,7)1-2(11)4(8,9)10/h11H,1H2. The van der Waals surface area contributed by atoms with E-state index in [1.54, 1.807) is 0 Å². The van der Waals surface area contributed by atoms with Gasteiger partial charge < -0.3 is 5.11 Å². The molecule has 0 fully saturated rings. The van der Waals surface area contributed by atoms with Gasteiger partial charge in [0.2, 0.25) is 6.10 Å². The molecule has 1 nitrogen and oxygen atoms in total. The van der Waals surface area contributed by atoms with Crippen LogP contribution >= 0.6 is 0 Å². The van der Waals surface area contributed by atoms with Gasteiger partial charge >= 0.3 is 12.4 Å². The zero-order valence-corrected chi connectivity index (χ0v) is 4.92. The summed E-state index contributed by atoms with van der Waals surface area (Å²) in [7, 11) is 0. The van der Waals surface area contributed by atoms with Crippen molar-refractivity contribution in [2.24, 2.45) is 0 Å². The second-order valence-electron chi connectivity index (χ2n) is 1.74. The molecule has 0 saturated carbocycles. The summed E-state index contributed by atoms with van der Waals surface area (Å²) in [5.41, 5.74) is 0. The summed E-state index contributed by atoms with van der Waals surface area (Å²) in [6.07, 6.45) is -15.2. The van der Waals surface area contributed by atoms with E-state index in [1.165, 1.54) is 0 Å². The SMILES string of the molecule is O[C](CC(F)(F)F)C(F)(F)F.